The third kappa shape index (κ3) is 2.30. The van der Waals surface area contributed by atoms with Gasteiger partial charge >= 0.3 is 0 Å². The molecule has 2 aromatic heterocycles. The molecule has 0 unspecified atom stereocenters. The number of hydrogen-bond acceptors (Lipinski definition) is 3. The molecule has 2 heterocycles. The van der Waals surface area contributed by atoms with Gasteiger partial charge < -0.3 is 5.32 Å². The van der Waals surface area contributed by atoms with Crippen LogP contribution >= 0.6 is 11.3 Å². The second kappa shape index (κ2) is 4.49. The normalized spacial score (nSPS) is 10.4. The first kappa shape index (κ1) is 10.9. The molecule has 2 rings (SSSR count). The van der Waals surface area contributed by atoms with Crippen LogP contribution in [0.3, 0.4) is 0 Å². The van der Waals surface area contributed by atoms with Gasteiger partial charge in [-0.1, -0.05) is 6.07 Å². The van der Waals surface area contributed by atoms with Crippen LogP contribution in [0.1, 0.15) is 16.3 Å². The largest absolute Gasteiger partial charge is 0.323 e. The molecular weight excluding hydrogens is 222 g/mol. The van der Waals surface area contributed by atoms with Crippen LogP contribution in [-0.4, -0.2) is 16.1 Å². The number of nitrogens with one attached hydrogen (secondary N) is 2. The molecule has 0 bridgehead atoms. The molecule has 16 heavy (non-hydrogen) atoms. The Morgan fingerprint density at radius 2 is 2.38 bits per heavy atom. The van der Waals surface area contributed by atoms with E-state index in [4.69, 9.17) is 0 Å². The number of nitrogens with zero attached hydrogens (tertiary/aromatic N) is 1. The Labute approximate surface area is 97.7 Å². The van der Waals surface area contributed by atoms with Crippen LogP contribution < -0.4 is 5.32 Å². The van der Waals surface area contributed by atoms with Crippen molar-refractivity contribution in [2.24, 2.45) is 0 Å². The zero-order chi connectivity index (χ0) is 11.5. The van der Waals surface area contributed by atoms with E-state index in [1.54, 1.807) is 11.3 Å². The molecule has 0 aromatic carbocycles. The molecule has 0 fully saturated rings. The summed E-state index contributed by atoms with van der Waals surface area (Å²) in [6.07, 6.45) is 0.418. The first-order valence-corrected chi connectivity index (χ1v) is 5.88. The summed E-state index contributed by atoms with van der Waals surface area (Å²) in [6.45, 7) is 3.75. The molecular formula is C11H13N3OS. The molecule has 0 aliphatic carbocycles. The Hall–Kier alpha value is -1.62. The number of aromatic amines is 1. The van der Waals surface area contributed by atoms with E-state index in [1.807, 2.05) is 31.4 Å². The zero-order valence-corrected chi connectivity index (χ0v) is 10.0. The van der Waals surface area contributed by atoms with E-state index in [9.17, 15) is 4.79 Å². The minimum atomic E-state index is -0.00458. The average Bonchev–Trinajstić information content (AvgIpc) is 2.83. The van der Waals surface area contributed by atoms with Crippen molar-refractivity contribution in [3.63, 3.8) is 0 Å². The lowest BCUT2D eigenvalue weighted by atomic mass is 10.3. The van der Waals surface area contributed by atoms with Crippen LogP contribution in [0.2, 0.25) is 0 Å². The molecule has 0 aliphatic rings. The predicted octanol–water partition coefficient (Wildman–Crippen LogP) is 2.27. The van der Waals surface area contributed by atoms with Crippen LogP contribution in [0.25, 0.3) is 0 Å². The topological polar surface area (TPSA) is 57.8 Å². The van der Waals surface area contributed by atoms with Gasteiger partial charge in [-0.2, -0.15) is 5.10 Å². The zero-order valence-electron chi connectivity index (χ0n) is 9.20. The maximum atomic E-state index is 11.7. The molecule has 5 heteroatoms. The summed E-state index contributed by atoms with van der Waals surface area (Å²) in [5.74, 6) is -0.00458. The van der Waals surface area contributed by atoms with E-state index in [-0.39, 0.29) is 5.91 Å². The molecule has 1 amide bonds. The number of anilines is 1. The summed E-state index contributed by atoms with van der Waals surface area (Å²) in [5.41, 5.74) is 2.50. The third-order valence-electron chi connectivity index (χ3n) is 2.31. The van der Waals surface area contributed by atoms with Crippen LogP contribution in [0.5, 0.6) is 0 Å². The second-order valence-electron chi connectivity index (χ2n) is 3.61. The fraction of sp³-hybridized carbons (Fsp3) is 0.273. The number of carbonyl (C=O) groups is 1. The molecule has 4 nitrogen and oxygen atoms in total. The monoisotopic (exact) mass is 235 g/mol. The summed E-state index contributed by atoms with van der Waals surface area (Å²) >= 11 is 1.59. The molecule has 0 saturated heterocycles. The Morgan fingerprint density at radius 3 is 2.94 bits per heavy atom. The molecule has 0 saturated carbocycles. The highest BCUT2D eigenvalue weighted by Gasteiger charge is 2.10. The predicted molar refractivity (Wildman–Crippen MR) is 64.7 cm³/mol. The van der Waals surface area contributed by atoms with Crippen LogP contribution in [0.15, 0.2) is 17.5 Å². The van der Waals surface area contributed by atoms with E-state index in [0.717, 1.165) is 22.0 Å². The van der Waals surface area contributed by atoms with Crippen molar-refractivity contribution >= 4 is 22.9 Å². The number of aryl methyl sites for hydroxylation is 2. The minimum Gasteiger partial charge on any atom is -0.323 e. The van der Waals surface area contributed by atoms with Gasteiger partial charge in [0.25, 0.3) is 0 Å². The number of amides is 1. The van der Waals surface area contributed by atoms with Crippen LogP contribution in [-0.2, 0) is 11.2 Å². The Bertz CT molecular complexity index is 468. The fourth-order valence-electron chi connectivity index (χ4n) is 1.49. The van der Waals surface area contributed by atoms with Crippen molar-refractivity contribution < 1.29 is 4.79 Å². The first-order chi connectivity index (χ1) is 7.66. The van der Waals surface area contributed by atoms with E-state index in [2.05, 4.69) is 15.5 Å². The van der Waals surface area contributed by atoms with E-state index >= 15 is 0 Å². The van der Waals surface area contributed by atoms with Gasteiger partial charge in [0.05, 0.1) is 23.5 Å². The van der Waals surface area contributed by atoms with Crippen molar-refractivity contribution in [3.8, 4) is 0 Å². The number of thiophene rings is 1. The summed E-state index contributed by atoms with van der Waals surface area (Å²) < 4.78 is 0. The van der Waals surface area contributed by atoms with Crippen LogP contribution in [0, 0.1) is 13.8 Å². The lowest BCUT2D eigenvalue weighted by Crippen LogP contribution is -2.14. The summed E-state index contributed by atoms with van der Waals surface area (Å²) in [7, 11) is 0. The summed E-state index contributed by atoms with van der Waals surface area (Å²) in [5, 5.41) is 11.7. The standard InChI is InChI=1S/C11H13N3OS/c1-7-11(8(2)14-13-7)12-10(15)6-9-4-3-5-16-9/h3-5H,6H2,1-2H3,(H,12,15)(H,13,14). The van der Waals surface area contributed by atoms with E-state index in [0.29, 0.717) is 6.42 Å². The quantitative estimate of drug-likeness (QED) is 0.857. The molecule has 0 aliphatic heterocycles. The Balaban J connectivity index is 2.03. The maximum absolute atomic E-state index is 11.7. The van der Waals surface area contributed by atoms with E-state index in [1.165, 1.54) is 0 Å². The average molecular weight is 235 g/mol. The Morgan fingerprint density at radius 1 is 1.56 bits per heavy atom. The lowest BCUT2D eigenvalue weighted by molar-refractivity contribution is -0.115. The van der Waals surface area contributed by atoms with Gasteiger partial charge in [0.15, 0.2) is 0 Å². The van der Waals surface area contributed by atoms with Gasteiger partial charge in [-0.15, -0.1) is 11.3 Å². The number of H-pyrrole nitrogens is 1. The van der Waals surface area contributed by atoms with Crippen LogP contribution in [0.4, 0.5) is 5.69 Å². The third-order valence-corrected chi connectivity index (χ3v) is 3.18. The van der Waals surface area contributed by atoms with Gasteiger partial charge in [0, 0.05) is 4.88 Å². The molecule has 2 N–H and O–H groups in total. The molecule has 0 spiro atoms. The number of rotatable bonds is 3. The van der Waals surface area contributed by atoms with Crippen molar-refractivity contribution in [1.29, 1.82) is 0 Å². The fourth-order valence-corrected chi connectivity index (χ4v) is 2.19. The molecule has 0 atom stereocenters. The highest BCUT2D eigenvalue weighted by atomic mass is 32.1. The lowest BCUT2D eigenvalue weighted by Gasteiger charge is -2.03. The van der Waals surface area contributed by atoms with Gasteiger partial charge in [-0.25, -0.2) is 0 Å². The number of aromatic nitrogens is 2. The molecule has 84 valence electrons. The van der Waals surface area contributed by atoms with Gasteiger partial charge in [0.1, 0.15) is 0 Å². The number of hydrogen-bond donors (Lipinski definition) is 2. The van der Waals surface area contributed by atoms with Gasteiger partial charge in [-0.05, 0) is 25.3 Å². The first-order valence-electron chi connectivity index (χ1n) is 5.00. The highest BCUT2D eigenvalue weighted by molar-refractivity contribution is 7.10. The van der Waals surface area contributed by atoms with Crippen molar-refractivity contribution in [2.75, 3.05) is 5.32 Å². The SMILES string of the molecule is Cc1n[nH]c(C)c1NC(=O)Cc1cccs1. The van der Waals surface area contributed by atoms with Crippen molar-refractivity contribution in [2.45, 2.75) is 20.3 Å². The Kier molecular flexibility index (Phi) is 3.05. The van der Waals surface area contributed by atoms with Crippen molar-refractivity contribution in [3.05, 3.63) is 33.8 Å². The maximum Gasteiger partial charge on any atom is 0.229 e. The van der Waals surface area contributed by atoms with E-state index < -0.39 is 0 Å². The van der Waals surface area contributed by atoms with Crippen molar-refractivity contribution in [1.82, 2.24) is 10.2 Å². The second-order valence-corrected chi connectivity index (χ2v) is 4.65. The molecule has 2 aromatic rings. The minimum absolute atomic E-state index is 0.00458. The highest BCUT2D eigenvalue weighted by Crippen LogP contribution is 2.17. The van der Waals surface area contributed by atoms with Gasteiger partial charge in [0.2, 0.25) is 5.91 Å². The summed E-state index contributed by atoms with van der Waals surface area (Å²) in [4.78, 5) is 12.8. The van der Waals surface area contributed by atoms with Gasteiger partial charge in [-0.3, -0.25) is 9.89 Å². The smallest absolute Gasteiger partial charge is 0.229 e. The number of carbonyl (C=O) groups excluding carboxylic acids is 1. The molecule has 0 radical (unpaired) electrons. The summed E-state index contributed by atoms with van der Waals surface area (Å²) in [6, 6.07) is 3.90.